The van der Waals surface area contributed by atoms with Crippen molar-refractivity contribution < 1.29 is 24.5 Å². The van der Waals surface area contributed by atoms with E-state index in [-0.39, 0.29) is 23.6 Å². The third-order valence-corrected chi connectivity index (χ3v) is 4.20. The van der Waals surface area contributed by atoms with Crippen LogP contribution in [0.5, 0.6) is 11.5 Å². The number of halogens is 1. The van der Waals surface area contributed by atoms with E-state index >= 15 is 0 Å². The molecule has 3 N–H and O–H groups in total. The minimum absolute atomic E-state index is 0.164. The molecule has 3 aromatic rings. The van der Waals surface area contributed by atoms with E-state index in [1.54, 1.807) is 48.5 Å². The summed E-state index contributed by atoms with van der Waals surface area (Å²) >= 11 is 5.79. The molecule has 0 radical (unpaired) electrons. The molecule has 0 atom stereocenters. The maximum atomic E-state index is 12.2. The van der Waals surface area contributed by atoms with E-state index in [9.17, 15) is 19.8 Å². The SMILES string of the molecule is O=C(COC(=O)c1cc(O)c2ccccc2c1O)NCc1ccc(Cl)cc1. The number of rotatable bonds is 5. The third kappa shape index (κ3) is 4.30. The molecule has 27 heavy (non-hydrogen) atoms. The van der Waals surface area contributed by atoms with Crippen LogP contribution in [0.4, 0.5) is 0 Å². The summed E-state index contributed by atoms with van der Waals surface area (Å²) in [6.45, 7) is -0.255. The van der Waals surface area contributed by atoms with E-state index in [0.717, 1.165) is 11.6 Å². The summed E-state index contributed by atoms with van der Waals surface area (Å²) in [4.78, 5) is 24.0. The minimum atomic E-state index is -0.907. The molecule has 0 aromatic heterocycles. The number of phenolic OH excluding ortho intramolecular Hbond substituents is 2. The lowest BCUT2D eigenvalue weighted by molar-refractivity contribution is -0.124. The Hall–Kier alpha value is -3.25. The number of esters is 1. The molecule has 0 aliphatic carbocycles. The third-order valence-electron chi connectivity index (χ3n) is 3.95. The molecule has 0 bridgehead atoms. The Kier molecular flexibility index (Phi) is 5.47. The van der Waals surface area contributed by atoms with Crippen LogP contribution in [0.15, 0.2) is 54.6 Å². The van der Waals surface area contributed by atoms with E-state index in [1.165, 1.54) is 0 Å². The van der Waals surface area contributed by atoms with Gasteiger partial charge in [0.2, 0.25) is 0 Å². The standard InChI is InChI=1S/C20H16ClNO5/c21-13-7-5-12(6-8-13)10-22-18(24)11-27-20(26)16-9-17(23)14-3-1-2-4-15(14)19(16)25/h1-9,23,25H,10-11H2,(H,22,24). The van der Waals surface area contributed by atoms with Crippen LogP contribution in [0.2, 0.25) is 5.02 Å². The van der Waals surface area contributed by atoms with E-state index in [0.29, 0.717) is 15.8 Å². The largest absolute Gasteiger partial charge is 0.507 e. The van der Waals surface area contributed by atoms with Crippen LogP contribution in [0.3, 0.4) is 0 Å². The number of ether oxygens (including phenoxy) is 1. The van der Waals surface area contributed by atoms with Gasteiger partial charge in [-0.05, 0) is 23.8 Å². The van der Waals surface area contributed by atoms with Gasteiger partial charge in [-0.2, -0.15) is 0 Å². The molecule has 0 unspecified atom stereocenters. The highest BCUT2D eigenvalue weighted by Gasteiger charge is 2.19. The zero-order chi connectivity index (χ0) is 19.4. The molecular weight excluding hydrogens is 370 g/mol. The quantitative estimate of drug-likeness (QED) is 0.462. The number of benzene rings is 3. The van der Waals surface area contributed by atoms with E-state index < -0.39 is 18.5 Å². The van der Waals surface area contributed by atoms with Crippen molar-refractivity contribution in [3.05, 3.63) is 70.7 Å². The molecule has 0 fully saturated rings. The van der Waals surface area contributed by atoms with Crippen molar-refractivity contribution in [2.45, 2.75) is 6.54 Å². The first kappa shape index (κ1) is 18.5. The first-order chi connectivity index (χ1) is 13.0. The molecule has 3 rings (SSSR count). The molecule has 7 heteroatoms. The number of carbonyl (C=O) groups excluding carboxylic acids is 2. The van der Waals surface area contributed by atoms with Gasteiger partial charge in [0.15, 0.2) is 6.61 Å². The van der Waals surface area contributed by atoms with E-state index in [2.05, 4.69) is 5.32 Å². The van der Waals surface area contributed by atoms with Crippen molar-refractivity contribution in [1.82, 2.24) is 5.32 Å². The van der Waals surface area contributed by atoms with Crippen molar-refractivity contribution >= 4 is 34.2 Å². The Labute approximate surface area is 160 Å². The predicted octanol–water partition coefficient (Wildman–Crippen LogP) is 3.38. The lowest BCUT2D eigenvalue weighted by Crippen LogP contribution is -2.28. The highest BCUT2D eigenvalue weighted by atomic mass is 35.5. The molecule has 0 aliphatic rings. The predicted molar refractivity (Wildman–Crippen MR) is 101 cm³/mol. The zero-order valence-corrected chi connectivity index (χ0v) is 14.9. The van der Waals surface area contributed by atoms with Gasteiger partial charge in [0.1, 0.15) is 17.1 Å². The van der Waals surface area contributed by atoms with E-state index in [4.69, 9.17) is 16.3 Å². The number of hydrogen-bond donors (Lipinski definition) is 3. The van der Waals surface area contributed by atoms with Gasteiger partial charge in [-0.1, -0.05) is 48.0 Å². The van der Waals surface area contributed by atoms with Gasteiger partial charge in [0, 0.05) is 22.3 Å². The van der Waals surface area contributed by atoms with Gasteiger partial charge in [0.05, 0.1) is 0 Å². The number of aromatic hydroxyl groups is 2. The Balaban J connectivity index is 1.62. The lowest BCUT2D eigenvalue weighted by Gasteiger charge is -2.10. The fourth-order valence-electron chi connectivity index (χ4n) is 2.56. The molecule has 1 amide bonds. The van der Waals surface area contributed by atoms with E-state index in [1.807, 2.05) is 0 Å². The molecule has 0 heterocycles. The highest BCUT2D eigenvalue weighted by molar-refractivity contribution is 6.30. The molecule has 138 valence electrons. The van der Waals surface area contributed by atoms with Gasteiger partial charge in [-0.25, -0.2) is 4.79 Å². The normalized spacial score (nSPS) is 10.6. The molecule has 3 aromatic carbocycles. The monoisotopic (exact) mass is 385 g/mol. The van der Waals surface area contributed by atoms with Gasteiger partial charge in [-0.15, -0.1) is 0 Å². The molecule has 0 saturated heterocycles. The Morgan fingerprint density at radius 1 is 1.00 bits per heavy atom. The molecule has 0 aliphatic heterocycles. The van der Waals surface area contributed by atoms with Crippen LogP contribution < -0.4 is 5.32 Å². The maximum absolute atomic E-state index is 12.2. The first-order valence-electron chi connectivity index (χ1n) is 8.07. The first-order valence-corrected chi connectivity index (χ1v) is 8.45. The topological polar surface area (TPSA) is 95.9 Å². The Bertz CT molecular complexity index is 1000. The summed E-state index contributed by atoms with van der Waals surface area (Å²) in [5, 5.41) is 24.2. The Morgan fingerprint density at radius 3 is 2.37 bits per heavy atom. The second-order valence-corrected chi connectivity index (χ2v) is 6.25. The molecule has 0 saturated carbocycles. The van der Waals surface area contributed by atoms with Gasteiger partial charge in [0.25, 0.3) is 5.91 Å². The van der Waals surface area contributed by atoms with Crippen LogP contribution >= 0.6 is 11.6 Å². The lowest BCUT2D eigenvalue weighted by atomic mass is 10.0. The summed E-state index contributed by atoms with van der Waals surface area (Å²) in [6, 6.07) is 14.6. The molecular formula is C20H16ClNO5. The summed E-state index contributed by atoms with van der Waals surface area (Å²) in [5.41, 5.74) is 0.632. The highest BCUT2D eigenvalue weighted by Crippen LogP contribution is 2.35. The summed E-state index contributed by atoms with van der Waals surface area (Å²) in [5.74, 6) is -1.88. The van der Waals surface area contributed by atoms with Crippen molar-refractivity contribution in [1.29, 1.82) is 0 Å². The second kappa shape index (κ2) is 7.97. The van der Waals surface area contributed by atoms with Crippen LogP contribution in [0, 0.1) is 0 Å². The number of carbonyl (C=O) groups is 2. The average Bonchev–Trinajstić information content (AvgIpc) is 2.68. The summed E-state index contributed by atoms with van der Waals surface area (Å²) in [7, 11) is 0. The number of nitrogens with one attached hydrogen (secondary N) is 1. The van der Waals surface area contributed by atoms with Crippen LogP contribution in [0.1, 0.15) is 15.9 Å². The minimum Gasteiger partial charge on any atom is -0.507 e. The Morgan fingerprint density at radius 2 is 1.67 bits per heavy atom. The smallest absolute Gasteiger partial charge is 0.342 e. The molecule has 6 nitrogen and oxygen atoms in total. The van der Waals surface area contributed by atoms with Crippen molar-refractivity contribution in [2.75, 3.05) is 6.61 Å². The number of phenols is 2. The van der Waals surface area contributed by atoms with Gasteiger partial charge in [-0.3, -0.25) is 4.79 Å². The van der Waals surface area contributed by atoms with Crippen LogP contribution in [-0.2, 0) is 16.1 Å². The average molecular weight is 386 g/mol. The van der Waals surface area contributed by atoms with Gasteiger partial charge >= 0.3 is 5.97 Å². The number of hydrogen-bond acceptors (Lipinski definition) is 5. The second-order valence-electron chi connectivity index (χ2n) is 5.82. The van der Waals surface area contributed by atoms with Crippen LogP contribution in [-0.4, -0.2) is 28.7 Å². The summed E-state index contributed by atoms with van der Waals surface area (Å²) in [6.07, 6.45) is 0. The number of fused-ring (bicyclic) bond motifs is 1. The maximum Gasteiger partial charge on any atom is 0.342 e. The number of amides is 1. The summed E-state index contributed by atoms with van der Waals surface area (Å²) < 4.78 is 4.94. The fourth-order valence-corrected chi connectivity index (χ4v) is 2.69. The van der Waals surface area contributed by atoms with Gasteiger partial charge < -0.3 is 20.3 Å². The van der Waals surface area contributed by atoms with Crippen LogP contribution in [0.25, 0.3) is 10.8 Å². The van der Waals surface area contributed by atoms with Crippen molar-refractivity contribution in [3.63, 3.8) is 0 Å². The van der Waals surface area contributed by atoms with Crippen molar-refractivity contribution in [3.8, 4) is 11.5 Å². The zero-order valence-electron chi connectivity index (χ0n) is 14.1. The molecule has 0 spiro atoms. The fraction of sp³-hybridized carbons (Fsp3) is 0.100. The van der Waals surface area contributed by atoms with Crippen molar-refractivity contribution in [2.24, 2.45) is 0 Å².